The summed E-state index contributed by atoms with van der Waals surface area (Å²) in [7, 11) is 1.40. The number of hydrogen-bond donors (Lipinski definition) is 3. The van der Waals surface area contributed by atoms with Gasteiger partial charge in [-0.1, -0.05) is 0 Å². The van der Waals surface area contributed by atoms with Crippen molar-refractivity contribution >= 4 is 16.9 Å². The van der Waals surface area contributed by atoms with E-state index in [0.29, 0.717) is 5.56 Å². The van der Waals surface area contributed by atoms with E-state index in [1.54, 1.807) is 27.7 Å². The van der Waals surface area contributed by atoms with E-state index in [2.05, 4.69) is 0 Å². The molecule has 1 aliphatic rings. The molecule has 2 heterocycles. The first-order valence-electron chi connectivity index (χ1n) is 9.73. The molecular weight excluding hydrogens is 412 g/mol. The largest absolute Gasteiger partial charge is 0.506 e. The Balaban J connectivity index is 2.00. The molecular formula is C21H26O10. The van der Waals surface area contributed by atoms with Crippen LogP contribution in [0.1, 0.15) is 36.7 Å². The van der Waals surface area contributed by atoms with Gasteiger partial charge in [0.2, 0.25) is 6.29 Å². The zero-order valence-electron chi connectivity index (χ0n) is 17.9. The number of ether oxygens (including phenoxy) is 4. The maximum absolute atomic E-state index is 12.3. The van der Waals surface area contributed by atoms with E-state index in [1.807, 2.05) is 0 Å². The van der Waals surface area contributed by atoms with Crippen molar-refractivity contribution in [2.75, 3.05) is 13.7 Å². The summed E-state index contributed by atoms with van der Waals surface area (Å²) in [6, 6.07) is 2.86. The van der Waals surface area contributed by atoms with Crippen LogP contribution in [-0.4, -0.2) is 65.2 Å². The lowest BCUT2D eigenvalue weighted by Gasteiger charge is -2.46. The van der Waals surface area contributed by atoms with E-state index in [4.69, 9.17) is 23.4 Å². The minimum absolute atomic E-state index is 0.00655. The molecule has 2 aromatic rings. The third-order valence-corrected chi connectivity index (χ3v) is 5.27. The highest BCUT2D eigenvalue weighted by atomic mass is 16.7. The molecule has 3 rings (SSSR count). The summed E-state index contributed by atoms with van der Waals surface area (Å²) in [5, 5.41) is 31.4. The molecule has 170 valence electrons. The van der Waals surface area contributed by atoms with Crippen molar-refractivity contribution in [2.24, 2.45) is 0 Å². The Morgan fingerprint density at radius 2 is 1.90 bits per heavy atom. The number of aliphatic hydroxyl groups is 2. The maximum Gasteiger partial charge on any atom is 0.354 e. The molecule has 1 aromatic heterocycles. The molecule has 0 amide bonds. The van der Waals surface area contributed by atoms with Crippen molar-refractivity contribution in [3.05, 3.63) is 33.7 Å². The van der Waals surface area contributed by atoms with Crippen LogP contribution in [0.5, 0.6) is 11.5 Å². The number of aliphatic hydroxyl groups excluding tert-OH is 2. The smallest absolute Gasteiger partial charge is 0.354 e. The van der Waals surface area contributed by atoms with Crippen LogP contribution in [0.15, 0.2) is 21.3 Å². The van der Waals surface area contributed by atoms with Crippen LogP contribution in [0, 0.1) is 6.92 Å². The number of aryl methyl sites for hydroxylation is 1. The zero-order chi connectivity index (χ0) is 23.1. The first-order chi connectivity index (χ1) is 14.5. The molecule has 10 nitrogen and oxygen atoms in total. The monoisotopic (exact) mass is 438 g/mol. The predicted octanol–water partition coefficient (Wildman–Crippen LogP) is 1.23. The first-order valence-corrected chi connectivity index (χ1v) is 9.73. The topological polar surface area (TPSA) is 145 Å². The summed E-state index contributed by atoms with van der Waals surface area (Å²) < 4.78 is 26.9. The van der Waals surface area contributed by atoms with Crippen LogP contribution in [-0.2, 0) is 14.2 Å². The van der Waals surface area contributed by atoms with Gasteiger partial charge in [0.1, 0.15) is 35.4 Å². The molecule has 10 heteroatoms. The Labute approximate surface area is 177 Å². The molecule has 3 N–H and O–H groups in total. The van der Waals surface area contributed by atoms with Crippen molar-refractivity contribution in [1.29, 1.82) is 0 Å². The lowest BCUT2D eigenvalue weighted by molar-refractivity contribution is -0.306. The van der Waals surface area contributed by atoms with Gasteiger partial charge >= 0.3 is 11.6 Å². The average molecular weight is 438 g/mol. The fourth-order valence-corrected chi connectivity index (χ4v) is 3.71. The second-order valence-electron chi connectivity index (χ2n) is 7.74. The van der Waals surface area contributed by atoms with E-state index in [0.717, 1.165) is 0 Å². The fraction of sp³-hybridized carbons (Fsp3) is 0.524. The van der Waals surface area contributed by atoms with Crippen molar-refractivity contribution in [3.63, 3.8) is 0 Å². The first kappa shape index (κ1) is 23.0. The Morgan fingerprint density at radius 1 is 1.23 bits per heavy atom. The van der Waals surface area contributed by atoms with E-state index in [-0.39, 0.29) is 23.3 Å². The molecule has 0 saturated carbocycles. The van der Waals surface area contributed by atoms with Gasteiger partial charge in [0.15, 0.2) is 5.56 Å². The minimum atomic E-state index is -1.42. The molecule has 1 fully saturated rings. The molecule has 1 aliphatic heterocycles. The van der Waals surface area contributed by atoms with Crippen molar-refractivity contribution < 1.29 is 43.5 Å². The Hall–Kier alpha value is -2.66. The SMILES string of the molecule is CCOC(=O)c1c(O)c2ccc(O[C@@H]3OC(C)(C)[C@H](OC)[C@H](O)[C@H]3O)c(C)c2oc1=O. The van der Waals surface area contributed by atoms with Crippen LogP contribution < -0.4 is 10.4 Å². The van der Waals surface area contributed by atoms with Crippen LogP contribution in [0.3, 0.4) is 0 Å². The summed E-state index contributed by atoms with van der Waals surface area (Å²) in [6.07, 6.45) is -4.71. The lowest BCUT2D eigenvalue weighted by atomic mass is 9.89. The van der Waals surface area contributed by atoms with Crippen LogP contribution in [0.4, 0.5) is 0 Å². The number of hydrogen-bond acceptors (Lipinski definition) is 10. The number of rotatable bonds is 5. The second kappa shape index (κ2) is 8.46. The Bertz CT molecular complexity index is 1040. The van der Waals surface area contributed by atoms with Crippen LogP contribution >= 0.6 is 0 Å². The number of benzene rings is 1. The number of esters is 1. The number of methoxy groups -OCH3 is 1. The molecule has 4 atom stereocenters. The minimum Gasteiger partial charge on any atom is -0.506 e. The maximum atomic E-state index is 12.3. The highest BCUT2D eigenvalue weighted by Crippen LogP contribution is 2.36. The zero-order valence-corrected chi connectivity index (χ0v) is 17.9. The number of carbonyl (C=O) groups is 1. The average Bonchev–Trinajstić information content (AvgIpc) is 2.68. The second-order valence-corrected chi connectivity index (χ2v) is 7.74. The van der Waals surface area contributed by atoms with Gasteiger partial charge < -0.3 is 38.7 Å². The molecule has 0 spiro atoms. The molecule has 0 bridgehead atoms. The fourth-order valence-electron chi connectivity index (χ4n) is 3.71. The van der Waals surface area contributed by atoms with E-state index in [1.165, 1.54) is 19.2 Å². The summed E-state index contributed by atoms with van der Waals surface area (Å²) in [6.45, 7) is 6.54. The van der Waals surface area contributed by atoms with Gasteiger partial charge in [-0.2, -0.15) is 0 Å². The van der Waals surface area contributed by atoms with Gasteiger partial charge in [0.25, 0.3) is 0 Å². The number of fused-ring (bicyclic) bond motifs is 1. The summed E-state index contributed by atoms with van der Waals surface area (Å²) in [5.74, 6) is -1.37. The molecule has 0 radical (unpaired) electrons. The summed E-state index contributed by atoms with van der Waals surface area (Å²) >= 11 is 0. The lowest BCUT2D eigenvalue weighted by Crippen LogP contribution is -2.63. The summed E-state index contributed by atoms with van der Waals surface area (Å²) in [4.78, 5) is 24.3. The van der Waals surface area contributed by atoms with Crippen LogP contribution in [0.25, 0.3) is 11.0 Å². The van der Waals surface area contributed by atoms with Crippen molar-refractivity contribution in [1.82, 2.24) is 0 Å². The predicted molar refractivity (Wildman–Crippen MR) is 107 cm³/mol. The molecule has 31 heavy (non-hydrogen) atoms. The standard InChI is InChI=1S/C21H26O10/c1-6-28-18(25)12-13(22)10-7-8-11(9(2)16(10)30-19(12)26)29-20-15(24)14(23)17(27-5)21(3,4)31-20/h7-8,14-15,17,20,22-24H,6H2,1-5H3/t14-,15-,17-,20-/m1/s1. The van der Waals surface area contributed by atoms with E-state index in [9.17, 15) is 24.9 Å². The quantitative estimate of drug-likeness (QED) is 0.460. The molecule has 0 aliphatic carbocycles. The molecule has 1 saturated heterocycles. The van der Waals surface area contributed by atoms with Gasteiger partial charge in [0.05, 0.1) is 17.6 Å². The van der Waals surface area contributed by atoms with E-state index < -0.39 is 53.1 Å². The van der Waals surface area contributed by atoms with Gasteiger partial charge in [-0.3, -0.25) is 0 Å². The normalized spacial score (nSPS) is 25.4. The molecule has 1 aromatic carbocycles. The van der Waals surface area contributed by atoms with Gasteiger partial charge in [-0.25, -0.2) is 9.59 Å². The third-order valence-electron chi connectivity index (χ3n) is 5.27. The van der Waals surface area contributed by atoms with Crippen LogP contribution in [0.2, 0.25) is 0 Å². The summed E-state index contributed by atoms with van der Waals surface area (Å²) in [5.41, 5.74) is -2.31. The number of carbonyl (C=O) groups excluding carboxylic acids is 1. The van der Waals surface area contributed by atoms with Gasteiger partial charge in [-0.05, 0) is 39.8 Å². The van der Waals surface area contributed by atoms with Crippen molar-refractivity contribution in [3.8, 4) is 11.5 Å². The highest BCUT2D eigenvalue weighted by molar-refractivity contribution is 5.99. The van der Waals surface area contributed by atoms with Gasteiger partial charge in [0, 0.05) is 12.7 Å². The number of aromatic hydroxyl groups is 1. The molecule has 0 unspecified atom stereocenters. The Morgan fingerprint density at radius 3 is 2.52 bits per heavy atom. The van der Waals surface area contributed by atoms with Gasteiger partial charge in [-0.15, -0.1) is 0 Å². The van der Waals surface area contributed by atoms with Crippen molar-refractivity contribution in [2.45, 2.75) is 57.9 Å². The highest BCUT2D eigenvalue weighted by Gasteiger charge is 2.50. The Kier molecular flexibility index (Phi) is 6.28. The third kappa shape index (κ3) is 3.99. The van der Waals surface area contributed by atoms with E-state index >= 15 is 0 Å².